The molecule has 1 N–H and O–H groups in total. The van der Waals surface area contributed by atoms with Gasteiger partial charge in [-0.1, -0.05) is 26.7 Å². The fraction of sp³-hybridized carbons (Fsp3) is 1.00. The molecule has 3 atom stereocenters. The molecule has 0 spiro atoms. The molecule has 0 heterocycles. The number of aliphatic hydroxyl groups is 1. The van der Waals surface area contributed by atoms with E-state index in [-0.39, 0.29) is 6.10 Å². The molecule has 1 aliphatic carbocycles. The largest absolute Gasteiger partial charge is 0.393 e. The molecule has 1 fully saturated rings. The van der Waals surface area contributed by atoms with Crippen LogP contribution in [0.3, 0.4) is 0 Å². The van der Waals surface area contributed by atoms with Crippen molar-refractivity contribution in [3.63, 3.8) is 0 Å². The molecular formula is C14H29NO. The molecule has 0 aromatic heterocycles. The fourth-order valence-electron chi connectivity index (χ4n) is 3.09. The highest BCUT2D eigenvalue weighted by atomic mass is 16.3. The lowest BCUT2D eigenvalue weighted by molar-refractivity contribution is 0.0299. The molecule has 0 amide bonds. The first-order valence-corrected chi connectivity index (χ1v) is 7.03. The van der Waals surface area contributed by atoms with Crippen molar-refractivity contribution in [2.75, 3.05) is 20.1 Å². The van der Waals surface area contributed by atoms with Crippen LogP contribution in [-0.2, 0) is 0 Å². The summed E-state index contributed by atoms with van der Waals surface area (Å²) in [6.45, 7) is 6.72. The second-order valence-corrected chi connectivity index (χ2v) is 5.56. The van der Waals surface area contributed by atoms with Gasteiger partial charge in [0.25, 0.3) is 0 Å². The van der Waals surface area contributed by atoms with Gasteiger partial charge in [-0.05, 0) is 51.1 Å². The molecule has 0 aliphatic heterocycles. The zero-order chi connectivity index (χ0) is 12.0. The number of hydrogen-bond acceptors (Lipinski definition) is 2. The molecule has 0 radical (unpaired) electrons. The first-order chi connectivity index (χ1) is 7.67. The Morgan fingerprint density at radius 2 is 1.94 bits per heavy atom. The van der Waals surface area contributed by atoms with Crippen LogP contribution in [0.5, 0.6) is 0 Å². The molecule has 1 saturated carbocycles. The standard InChI is InChI=1S/C14H29NO/c1-4-6-12-7-8-14(16)13(10-12)11-15(3)9-5-2/h12-14,16H,4-11H2,1-3H3. The van der Waals surface area contributed by atoms with Crippen molar-refractivity contribution >= 4 is 0 Å². The van der Waals surface area contributed by atoms with Crippen molar-refractivity contribution in [3.8, 4) is 0 Å². The molecule has 2 nitrogen and oxygen atoms in total. The molecular weight excluding hydrogens is 198 g/mol. The molecule has 2 heteroatoms. The summed E-state index contributed by atoms with van der Waals surface area (Å²) in [4.78, 5) is 2.38. The molecule has 1 aliphatic rings. The van der Waals surface area contributed by atoms with Crippen molar-refractivity contribution < 1.29 is 5.11 Å². The Bertz CT molecular complexity index is 182. The fourth-order valence-corrected chi connectivity index (χ4v) is 3.09. The van der Waals surface area contributed by atoms with E-state index in [4.69, 9.17) is 0 Å². The van der Waals surface area contributed by atoms with Gasteiger partial charge in [-0.15, -0.1) is 0 Å². The summed E-state index contributed by atoms with van der Waals surface area (Å²) in [6, 6.07) is 0. The summed E-state index contributed by atoms with van der Waals surface area (Å²) < 4.78 is 0. The van der Waals surface area contributed by atoms with Gasteiger partial charge in [0.1, 0.15) is 0 Å². The second kappa shape index (κ2) is 7.29. The third-order valence-corrected chi connectivity index (χ3v) is 3.90. The van der Waals surface area contributed by atoms with Crippen LogP contribution in [-0.4, -0.2) is 36.2 Å². The van der Waals surface area contributed by atoms with E-state index in [0.717, 1.165) is 25.4 Å². The topological polar surface area (TPSA) is 23.5 Å². The maximum absolute atomic E-state index is 10.0. The summed E-state index contributed by atoms with van der Waals surface area (Å²) in [5.41, 5.74) is 0. The normalized spacial score (nSPS) is 30.9. The average molecular weight is 227 g/mol. The number of aliphatic hydroxyl groups excluding tert-OH is 1. The van der Waals surface area contributed by atoms with Gasteiger partial charge < -0.3 is 10.0 Å². The first-order valence-electron chi connectivity index (χ1n) is 7.03. The predicted molar refractivity (Wildman–Crippen MR) is 69.5 cm³/mol. The van der Waals surface area contributed by atoms with E-state index >= 15 is 0 Å². The van der Waals surface area contributed by atoms with Gasteiger partial charge in [-0.2, -0.15) is 0 Å². The van der Waals surface area contributed by atoms with Crippen molar-refractivity contribution in [2.45, 2.75) is 58.5 Å². The van der Waals surface area contributed by atoms with Crippen molar-refractivity contribution in [3.05, 3.63) is 0 Å². The summed E-state index contributed by atoms with van der Waals surface area (Å²) in [6.07, 6.45) is 7.30. The Morgan fingerprint density at radius 3 is 2.56 bits per heavy atom. The van der Waals surface area contributed by atoms with E-state index < -0.39 is 0 Å². The number of hydrogen-bond donors (Lipinski definition) is 1. The van der Waals surface area contributed by atoms with Crippen LogP contribution >= 0.6 is 0 Å². The molecule has 0 aromatic rings. The molecule has 3 unspecified atom stereocenters. The molecule has 0 saturated heterocycles. The highest BCUT2D eigenvalue weighted by Gasteiger charge is 2.29. The highest BCUT2D eigenvalue weighted by Crippen LogP contribution is 2.32. The Balaban J connectivity index is 2.36. The summed E-state index contributed by atoms with van der Waals surface area (Å²) in [5.74, 6) is 1.38. The van der Waals surface area contributed by atoms with Crippen LogP contribution < -0.4 is 0 Å². The van der Waals surface area contributed by atoms with E-state index in [9.17, 15) is 5.11 Å². The van der Waals surface area contributed by atoms with Crippen LogP contribution in [0.15, 0.2) is 0 Å². The maximum Gasteiger partial charge on any atom is 0.0580 e. The SMILES string of the molecule is CCCC1CCC(O)C(CN(C)CCC)C1. The molecule has 16 heavy (non-hydrogen) atoms. The molecule has 0 aromatic carbocycles. The van der Waals surface area contributed by atoms with Crippen LogP contribution in [0.1, 0.15) is 52.4 Å². The number of rotatable bonds is 6. The molecule has 1 rings (SSSR count). The van der Waals surface area contributed by atoms with E-state index in [1.54, 1.807) is 0 Å². The van der Waals surface area contributed by atoms with Gasteiger partial charge in [0.2, 0.25) is 0 Å². The van der Waals surface area contributed by atoms with E-state index in [1.165, 1.54) is 32.1 Å². The zero-order valence-corrected chi connectivity index (χ0v) is 11.3. The summed E-state index contributed by atoms with van der Waals surface area (Å²) >= 11 is 0. The third-order valence-electron chi connectivity index (χ3n) is 3.90. The monoisotopic (exact) mass is 227 g/mol. The first kappa shape index (κ1) is 14.0. The quantitative estimate of drug-likeness (QED) is 0.754. The minimum atomic E-state index is -0.0487. The third kappa shape index (κ3) is 4.42. The van der Waals surface area contributed by atoms with Crippen LogP contribution in [0.2, 0.25) is 0 Å². The van der Waals surface area contributed by atoms with Gasteiger partial charge in [-0.3, -0.25) is 0 Å². The minimum Gasteiger partial charge on any atom is -0.393 e. The van der Waals surface area contributed by atoms with E-state index in [0.29, 0.717) is 5.92 Å². The van der Waals surface area contributed by atoms with Gasteiger partial charge in [-0.25, -0.2) is 0 Å². The highest BCUT2D eigenvalue weighted by molar-refractivity contribution is 4.81. The van der Waals surface area contributed by atoms with Crippen molar-refractivity contribution in [2.24, 2.45) is 11.8 Å². The summed E-state index contributed by atoms with van der Waals surface area (Å²) in [7, 11) is 2.18. The van der Waals surface area contributed by atoms with Crippen molar-refractivity contribution in [1.29, 1.82) is 0 Å². The predicted octanol–water partition coefficient (Wildman–Crippen LogP) is 2.91. The maximum atomic E-state index is 10.0. The molecule has 0 bridgehead atoms. The lowest BCUT2D eigenvalue weighted by Gasteiger charge is -2.35. The second-order valence-electron chi connectivity index (χ2n) is 5.56. The Hall–Kier alpha value is -0.0800. The van der Waals surface area contributed by atoms with Crippen LogP contribution in [0.25, 0.3) is 0 Å². The Kier molecular flexibility index (Phi) is 6.37. The van der Waals surface area contributed by atoms with E-state index in [2.05, 4.69) is 25.8 Å². The van der Waals surface area contributed by atoms with Crippen molar-refractivity contribution in [1.82, 2.24) is 4.90 Å². The minimum absolute atomic E-state index is 0.0487. The van der Waals surface area contributed by atoms with Crippen LogP contribution in [0, 0.1) is 11.8 Å². The van der Waals surface area contributed by atoms with E-state index in [1.807, 2.05) is 0 Å². The lowest BCUT2D eigenvalue weighted by atomic mass is 9.77. The lowest BCUT2D eigenvalue weighted by Crippen LogP contribution is -2.37. The van der Waals surface area contributed by atoms with Crippen LogP contribution in [0.4, 0.5) is 0 Å². The zero-order valence-electron chi connectivity index (χ0n) is 11.3. The average Bonchev–Trinajstić information content (AvgIpc) is 2.24. The smallest absolute Gasteiger partial charge is 0.0580 e. The van der Waals surface area contributed by atoms with Gasteiger partial charge in [0, 0.05) is 6.54 Å². The molecule has 96 valence electrons. The van der Waals surface area contributed by atoms with Gasteiger partial charge in [0.15, 0.2) is 0 Å². The number of nitrogens with zero attached hydrogens (tertiary/aromatic N) is 1. The Morgan fingerprint density at radius 1 is 1.19 bits per heavy atom. The van der Waals surface area contributed by atoms with Gasteiger partial charge in [0.05, 0.1) is 6.10 Å². The van der Waals surface area contributed by atoms with Gasteiger partial charge >= 0.3 is 0 Å². The Labute approximate surface area is 101 Å². The summed E-state index contributed by atoms with van der Waals surface area (Å²) in [5, 5.41) is 10.0.